The van der Waals surface area contributed by atoms with Gasteiger partial charge in [0, 0.05) is 18.8 Å². The summed E-state index contributed by atoms with van der Waals surface area (Å²) in [5.74, 6) is 0.959. The number of nitrogens with zero attached hydrogens (tertiary/aromatic N) is 1. The van der Waals surface area contributed by atoms with Crippen molar-refractivity contribution >= 4 is 11.6 Å². The number of anilines is 1. The lowest BCUT2D eigenvalue weighted by Crippen LogP contribution is -2.40. The van der Waals surface area contributed by atoms with Crippen molar-refractivity contribution in [1.29, 1.82) is 0 Å². The second-order valence-electron chi connectivity index (χ2n) is 6.55. The van der Waals surface area contributed by atoms with E-state index in [9.17, 15) is 4.79 Å². The first-order valence-electron chi connectivity index (χ1n) is 8.90. The summed E-state index contributed by atoms with van der Waals surface area (Å²) in [6, 6.07) is 14.4. The Morgan fingerprint density at radius 3 is 2.88 bits per heavy atom. The third-order valence-electron chi connectivity index (χ3n) is 4.81. The number of methoxy groups -OCH3 is 1. The van der Waals surface area contributed by atoms with Crippen LogP contribution in [0.15, 0.2) is 42.5 Å². The summed E-state index contributed by atoms with van der Waals surface area (Å²) in [5, 5.41) is 3.05. The molecule has 0 saturated carbocycles. The van der Waals surface area contributed by atoms with Crippen molar-refractivity contribution in [2.45, 2.75) is 26.2 Å². The minimum absolute atomic E-state index is 0.0808. The normalized spacial score (nSPS) is 13.3. The Kier molecular flexibility index (Phi) is 5.59. The maximum Gasteiger partial charge on any atom is 0.239 e. The van der Waals surface area contributed by atoms with Gasteiger partial charge in [0.15, 0.2) is 0 Å². The molecule has 0 saturated heterocycles. The van der Waals surface area contributed by atoms with Crippen molar-refractivity contribution in [3.8, 4) is 5.75 Å². The highest BCUT2D eigenvalue weighted by atomic mass is 16.5. The number of benzene rings is 2. The second kappa shape index (κ2) is 8.06. The van der Waals surface area contributed by atoms with Crippen LogP contribution in [0.4, 0.5) is 5.69 Å². The molecule has 2 aromatic carbocycles. The van der Waals surface area contributed by atoms with Gasteiger partial charge in [-0.25, -0.2) is 0 Å². The number of carbonyl (C=O) groups is 1. The topological polar surface area (TPSA) is 41.6 Å². The van der Waals surface area contributed by atoms with Gasteiger partial charge in [0.2, 0.25) is 5.91 Å². The van der Waals surface area contributed by atoms with Crippen LogP contribution in [0.2, 0.25) is 0 Å². The molecule has 0 aliphatic carbocycles. The van der Waals surface area contributed by atoms with Crippen LogP contribution in [-0.4, -0.2) is 32.7 Å². The van der Waals surface area contributed by atoms with Gasteiger partial charge in [0.25, 0.3) is 0 Å². The Morgan fingerprint density at radius 1 is 1.24 bits per heavy atom. The predicted octanol–water partition coefficient (Wildman–Crippen LogP) is 3.12. The van der Waals surface area contributed by atoms with Crippen molar-refractivity contribution in [2.24, 2.45) is 0 Å². The van der Waals surface area contributed by atoms with E-state index in [4.69, 9.17) is 4.74 Å². The van der Waals surface area contributed by atoms with E-state index in [2.05, 4.69) is 41.4 Å². The van der Waals surface area contributed by atoms with E-state index < -0.39 is 0 Å². The standard InChI is InChI=1S/C21H26N2O2/c1-16-6-3-4-7-17(16)11-12-22-21(24)15-23-13-5-8-18-14-19(25-2)9-10-20(18)23/h3-4,6-7,9-10,14H,5,8,11-13,15H2,1-2H3,(H,22,24). The molecule has 0 radical (unpaired) electrons. The smallest absolute Gasteiger partial charge is 0.239 e. The molecule has 1 aliphatic rings. The highest BCUT2D eigenvalue weighted by molar-refractivity contribution is 5.82. The molecule has 1 amide bonds. The fourth-order valence-electron chi connectivity index (χ4n) is 3.40. The van der Waals surface area contributed by atoms with Crippen molar-refractivity contribution in [2.75, 3.05) is 31.6 Å². The first kappa shape index (κ1) is 17.3. The van der Waals surface area contributed by atoms with Gasteiger partial charge >= 0.3 is 0 Å². The average molecular weight is 338 g/mol. The SMILES string of the molecule is COc1ccc2c(c1)CCCN2CC(=O)NCCc1ccccc1C. The maximum absolute atomic E-state index is 12.3. The molecule has 25 heavy (non-hydrogen) atoms. The lowest BCUT2D eigenvalue weighted by molar-refractivity contribution is -0.119. The van der Waals surface area contributed by atoms with Crippen LogP contribution in [0.3, 0.4) is 0 Å². The molecule has 0 aromatic heterocycles. The Morgan fingerprint density at radius 2 is 2.08 bits per heavy atom. The molecule has 1 aliphatic heterocycles. The van der Waals surface area contributed by atoms with E-state index in [1.54, 1.807) is 7.11 Å². The van der Waals surface area contributed by atoms with Crippen molar-refractivity contribution in [3.63, 3.8) is 0 Å². The minimum Gasteiger partial charge on any atom is -0.497 e. The number of rotatable bonds is 6. The van der Waals surface area contributed by atoms with Crippen LogP contribution < -0.4 is 15.0 Å². The number of ether oxygens (including phenoxy) is 1. The van der Waals surface area contributed by atoms with Gasteiger partial charge in [-0.2, -0.15) is 0 Å². The first-order valence-corrected chi connectivity index (χ1v) is 8.90. The number of fused-ring (bicyclic) bond motifs is 1. The lowest BCUT2D eigenvalue weighted by Gasteiger charge is -2.31. The minimum atomic E-state index is 0.0808. The summed E-state index contributed by atoms with van der Waals surface area (Å²) >= 11 is 0. The van der Waals surface area contributed by atoms with Crippen molar-refractivity contribution < 1.29 is 9.53 Å². The highest BCUT2D eigenvalue weighted by Gasteiger charge is 2.19. The van der Waals surface area contributed by atoms with Crippen LogP contribution in [0.1, 0.15) is 23.1 Å². The molecular weight excluding hydrogens is 312 g/mol. The maximum atomic E-state index is 12.3. The van der Waals surface area contributed by atoms with E-state index in [0.29, 0.717) is 13.1 Å². The Hall–Kier alpha value is -2.49. The molecule has 3 rings (SSSR count). The molecule has 0 unspecified atom stereocenters. The van der Waals surface area contributed by atoms with Gasteiger partial charge in [0.1, 0.15) is 5.75 Å². The lowest BCUT2D eigenvalue weighted by atomic mass is 10.0. The van der Waals surface area contributed by atoms with Crippen LogP contribution in [0.25, 0.3) is 0 Å². The van der Waals surface area contributed by atoms with Crippen LogP contribution in [0, 0.1) is 6.92 Å². The predicted molar refractivity (Wildman–Crippen MR) is 101 cm³/mol. The van der Waals surface area contributed by atoms with Gasteiger partial charge in [-0.05, 0) is 61.1 Å². The number of amides is 1. The highest BCUT2D eigenvalue weighted by Crippen LogP contribution is 2.30. The average Bonchev–Trinajstić information content (AvgIpc) is 2.63. The third kappa shape index (κ3) is 4.32. The van der Waals surface area contributed by atoms with Gasteiger partial charge in [-0.3, -0.25) is 4.79 Å². The molecule has 2 aromatic rings. The van der Waals surface area contributed by atoms with Gasteiger partial charge in [0.05, 0.1) is 13.7 Å². The number of aryl methyl sites for hydroxylation is 2. The van der Waals surface area contributed by atoms with E-state index >= 15 is 0 Å². The Balaban J connectivity index is 1.54. The molecule has 0 atom stereocenters. The number of carbonyl (C=O) groups excluding carboxylic acids is 1. The molecule has 4 heteroatoms. The van der Waals surface area contributed by atoms with Gasteiger partial charge < -0.3 is 15.0 Å². The van der Waals surface area contributed by atoms with Crippen LogP contribution in [-0.2, 0) is 17.6 Å². The quantitative estimate of drug-likeness (QED) is 0.880. The van der Waals surface area contributed by atoms with Crippen LogP contribution >= 0.6 is 0 Å². The third-order valence-corrected chi connectivity index (χ3v) is 4.81. The first-order chi connectivity index (χ1) is 12.2. The molecule has 4 nitrogen and oxygen atoms in total. The zero-order valence-corrected chi connectivity index (χ0v) is 15.0. The fraction of sp³-hybridized carbons (Fsp3) is 0.381. The Bertz CT molecular complexity index is 742. The molecule has 132 valence electrons. The monoisotopic (exact) mass is 338 g/mol. The van der Waals surface area contributed by atoms with Crippen molar-refractivity contribution in [3.05, 3.63) is 59.2 Å². The number of hydrogen-bond acceptors (Lipinski definition) is 3. The zero-order chi connectivity index (χ0) is 17.6. The molecule has 1 N–H and O–H groups in total. The summed E-state index contributed by atoms with van der Waals surface area (Å²) in [6.07, 6.45) is 2.97. The van der Waals surface area contributed by atoms with E-state index in [1.807, 2.05) is 18.2 Å². The van der Waals surface area contributed by atoms with E-state index in [1.165, 1.54) is 16.7 Å². The van der Waals surface area contributed by atoms with Crippen molar-refractivity contribution in [1.82, 2.24) is 5.32 Å². The number of nitrogens with one attached hydrogen (secondary N) is 1. The second-order valence-corrected chi connectivity index (χ2v) is 6.55. The van der Waals surface area contributed by atoms with E-state index in [0.717, 1.165) is 37.2 Å². The fourth-order valence-corrected chi connectivity index (χ4v) is 3.40. The molecule has 1 heterocycles. The van der Waals surface area contributed by atoms with Crippen LogP contribution in [0.5, 0.6) is 5.75 Å². The molecule has 0 spiro atoms. The summed E-state index contributed by atoms with van der Waals surface area (Å²) in [5.41, 5.74) is 4.98. The summed E-state index contributed by atoms with van der Waals surface area (Å²) < 4.78 is 5.30. The van der Waals surface area contributed by atoms with Gasteiger partial charge in [-0.1, -0.05) is 24.3 Å². The molecule has 0 bridgehead atoms. The zero-order valence-electron chi connectivity index (χ0n) is 15.0. The summed E-state index contributed by atoms with van der Waals surface area (Å²) in [6.45, 7) is 4.11. The van der Waals surface area contributed by atoms with Gasteiger partial charge in [-0.15, -0.1) is 0 Å². The molecular formula is C21H26N2O2. The summed E-state index contributed by atoms with van der Waals surface area (Å²) in [7, 11) is 1.68. The summed E-state index contributed by atoms with van der Waals surface area (Å²) in [4.78, 5) is 14.5. The molecule has 0 fully saturated rings. The Labute approximate surface area is 149 Å². The van der Waals surface area contributed by atoms with E-state index in [-0.39, 0.29) is 5.91 Å². The number of hydrogen-bond donors (Lipinski definition) is 1. The largest absolute Gasteiger partial charge is 0.497 e.